The Hall–Kier alpha value is -2.22. The molecular formula is C19H24ClN5OS. The molecule has 0 bridgehead atoms. The maximum absolute atomic E-state index is 12.3. The number of nitrogens with two attached hydrogens (primary N) is 1. The molecule has 3 rings (SSSR count). The van der Waals surface area contributed by atoms with Crippen LogP contribution in [0, 0.1) is 0 Å². The summed E-state index contributed by atoms with van der Waals surface area (Å²) in [6, 6.07) is 11.9. The standard InChI is InChI=1S/C19H23N5OS.ClH/c1-13(2)14-5-7-15(8-6-14)17(20)10-21-19(25)18-12-24(23-22-18)11-16-4-3-9-26-16;/h3-9,12-13,17H,10-11,20H2,1-2H3,(H,21,25);1H. The number of thiophene rings is 1. The van der Waals surface area contributed by atoms with E-state index in [-0.39, 0.29) is 24.4 Å². The molecule has 0 aliphatic carbocycles. The monoisotopic (exact) mass is 405 g/mol. The van der Waals surface area contributed by atoms with E-state index in [1.54, 1.807) is 22.2 Å². The molecule has 0 aliphatic heterocycles. The van der Waals surface area contributed by atoms with Gasteiger partial charge in [-0.3, -0.25) is 4.79 Å². The molecule has 8 heteroatoms. The first-order chi connectivity index (χ1) is 12.5. The van der Waals surface area contributed by atoms with Crippen LogP contribution in [0.25, 0.3) is 0 Å². The second-order valence-corrected chi connectivity index (χ2v) is 7.55. The lowest BCUT2D eigenvalue weighted by Gasteiger charge is -2.14. The number of carbonyl (C=O) groups excluding carboxylic acids is 1. The van der Waals surface area contributed by atoms with Gasteiger partial charge in [-0.2, -0.15) is 0 Å². The second-order valence-electron chi connectivity index (χ2n) is 6.52. The molecule has 2 heterocycles. The molecule has 3 aromatic rings. The Morgan fingerprint density at radius 2 is 1.93 bits per heavy atom. The minimum atomic E-state index is -0.267. The van der Waals surface area contributed by atoms with Crippen molar-refractivity contribution in [3.8, 4) is 0 Å². The average molecular weight is 406 g/mol. The Labute approximate surface area is 169 Å². The van der Waals surface area contributed by atoms with Gasteiger partial charge in [-0.25, -0.2) is 4.68 Å². The number of rotatable bonds is 7. The fourth-order valence-corrected chi connectivity index (χ4v) is 3.28. The summed E-state index contributed by atoms with van der Waals surface area (Å²) in [7, 11) is 0. The zero-order chi connectivity index (χ0) is 18.5. The van der Waals surface area contributed by atoms with Crippen molar-refractivity contribution < 1.29 is 4.79 Å². The van der Waals surface area contributed by atoms with E-state index in [4.69, 9.17) is 5.73 Å². The Bertz CT molecular complexity index is 845. The molecule has 0 saturated heterocycles. The van der Waals surface area contributed by atoms with Gasteiger partial charge in [-0.15, -0.1) is 28.8 Å². The quantitative estimate of drug-likeness (QED) is 0.631. The van der Waals surface area contributed by atoms with Crippen LogP contribution >= 0.6 is 23.7 Å². The van der Waals surface area contributed by atoms with Crippen molar-refractivity contribution in [2.75, 3.05) is 6.54 Å². The van der Waals surface area contributed by atoms with Crippen molar-refractivity contribution >= 4 is 29.7 Å². The predicted molar refractivity (Wildman–Crippen MR) is 110 cm³/mol. The highest BCUT2D eigenvalue weighted by atomic mass is 35.5. The van der Waals surface area contributed by atoms with Gasteiger partial charge in [0.1, 0.15) is 0 Å². The highest BCUT2D eigenvalue weighted by Gasteiger charge is 2.13. The molecule has 1 amide bonds. The molecule has 2 aromatic heterocycles. The van der Waals surface area contributed by atoms with E-state index in [9.17, 15) is 4.79 Å². The molecule has 1 atom stereocenters. The van der Waals surface area contributed by atoms with Gasteiger partial charge >= 0.3 is 0 Å². The third-order valence-electron chi connectivity index (χ3n) is 4.18. The fourth-order valence-electron chi connectivity index (χ4n) is 2.58. The van der Waals surface area contributed by atoms with Crippen LogP contribution in [0.3, 0.4) is 0 Å². The fraction of sp³-hybridized carbons (Fsp3) is 0.316. The van der Waals surface area contributed by atoms with Gasteiger partial charge in [0.15, 0.2) is 5.69 Å². The molecule has 0 radical (unpaired) electrons. The Kier molecular flexibility index (Phi) is 7.53. The van der Waals surface area contributed by atoms with Crippen molar-refractivity contribution in [3.63, 3.8) is 0 Å². The van der Waals surface area contributed by atoms with E-state index in [1.807, 2.05) is 29.6 Å². The van der Waals surface area contributed by atoms with Crippen LogP contribution in [0.15, 0.2) is 48.0 Å². The number of amides is 1. The first kappa shape index (κ1) is 21.1. The molecule has 6 nitrogen and oxygen atoms in total. The number of nitrogens with zero attached hydrogens (tertiary/aromatic N) is 3. The Morgan fingerprint density at radius 3 is 2.56 bits per heavy atom. The van der Waals surface area contributed by atoms with Crippen LogP contribution in [0.1, 0.15) is 52.3 Å². The third-order valence-corrected chi connectivity index (χ3v) is 5.04. The zero-order valence-electron chi connectivity index (χ0n) is 15.3. The van der Waals surface area contributed by atoms with Crippen molar-refractivity contribution in [1.82, 2.24) is 20.3 Å². The third kappa shape index (κ3) is 5.63. The normalized spacial score (nSPS) is 11.9. The minimum absolute atomic E-state index is 0. The molecule has 3 N–H and O–H groups in total. The van der Waals surface area contributed by atoms with Crippen LogP contribution in [-0.4, -0.2) is 27.4 Å². The summed E-state index contributed by atoms with van der Waals surface area (Å²) >= 11 is 1.64. The van der Waals surface area contributed by atoms with E-state index in [2.05, 4.69) is 41.6 Å². The van der Waals surface area contributed by atoms with Crippen LogP contribution in [0.2, 0.25) is 0 Å². The molecule has 0 fully saturated rings. The number of hydrogen-bond donors (Lipinski definition) is 2. The lowest BCUT2D eigenvalue weighted by Crippen LogP contribution is -2.32. The first-order valence-corrected chi connectivity index (χ1v) is 9.47. The lowest BCUT2D eigenvalue weighted by atomic mass is 9.99. The minimum Gasteiger partial charge on any atom is -0.349 e. The largest absolute Gasteiger partial charge is 0.349 e. The highest BCUT2D eigenvalue weighted by Crippen LogP contribution is 2.17. The predicted octanol–water partition coefficient (Wildman–Crippen LogP) is 3.36. The molecule has 1 aromatic carbocycles. The number of benzene rings is 1. The highest BCUT2D eigenvalue weighted by molar-refractivity contribution is 7.09. The Balaban J connectivity index is 0.00000261. The van der Waals surface area contributed by atoms with Crippen molar-refractivity contribution in [3.05, 3.63) is 69.7 Å². The molecule has 144 valence electrons. The smallest absolute Gasteiger partial charge is 0.273 e. The van der Waals surface area contributed by atoms with E-state index >= 15 is 0 Å². The van der Waals surface area contributed by atoms with Crippen LogP contribution in [0.5, 0.6) is 0 Å². The van der Waals surface area contributed by atoms with Gasteiger partial charge in [0.25, 0.3) is 5.91 Å². The SMILES string of the molecule is CC(C)c1ccc(C(N)CNC(=O)c2cn(Cc3cccs3)nn2)cc1.Cl. The number of hydrogen-bond acceptors (Lipinski definition) is 5. The van der Waals surface area contributed by atoms with Gasteiger partial charge in [0, 0.05) is 17.5 Å². The zero-order valence-corrected chi connectivity index (χ0v) is 17.0. The maximum Gasteiger partial charge on any atom is 0.273 e. The molecule has 0 spiro atoms. The van der Waals surface area contributed by atoms with E-state index in [1.165, 1.54) is 5.56 Å². The van der Waals surface area contributed by atoms with Gasteiger partial charge in [0.2, 0.25) is 0 Å². The Morgan fingerprint density at radius 1 is 1.22 bits per heavy atom. The van der Waals surface area contributed by atoms with Crippen molar-refractivity contribution in [2.24, 2.45) is 5.73 Å². The van der Waals surface area contributed by atoms with Crippen LogP contribution in [-0.2, 0) is 6.54 Å². The van der Waals surface area contributed by atoms with Gasteiger partial charge in [0.05, 0.1) is 12.7 Å². The number of carbonyl (C=O) groups is 1. The van der Waals surface area contributed by atoms with Crippen molar-refractivity contribution in [1.29, 1.82) is 0 Å². The maximum atomic E-state index is 12.3. The summed E-state index contributed by atoms with van der Waals surface area (Å²) in [5, 5.41) is 12.8. The second kappa shape index (κ2) is 9.64. The molecular weight excluding hydrogens is 382 g/mol. The van der Waals surface area contributed by atoms with Crippen LogP contribution < -0.4 is 11.1 Å². The first-order valence-electron chi connectivity index (χ1n) is 8.59. The molecule has 27 heavy (non-hydrogen) atoms. The average Bonchev–Trinajstić information content (AvgIpc) is 3.32. The molecule has 0 aliphatic rings. The summed E-state index contributed by atoms with van der Waals surface area (Å²) in [6.45, 7) is 5.26. The molecule has 0 saturated carbocycles. The summed E-state index contributed by atoms with van der Waals surface area (Å²) in [4.78, 5) is 13.4. The summed E-state index contributed by atoms with van der Waals surface area (Å²) in [6.07, 6.45) is 1.65. The lowest BCUT2D eigenvalue weighted by molar-refractivity contribution is 0.0946. The summed E-state index contributed by atoms with van der Waals surface area (Å²) in [5.41, 5.74) is 8.75. The van der Waals surface area contributed by atoms with E-state index in [0.717, 1.165) is 10.4 Å². The van der Waals surface area contributed by atoms with Gasteiger partial charge < -0.3 is 11.1 Å². The van der Waals surface area contributed by atoms with Crippen LogP contribution in [0.4, 0.5) is 0 Å². The van der Waals surface area contributed by atoms with Gasteiger partial charge in [-0.05, 0) is 28.5 Å². The topological polar surface area (TPSA) is 85.8 Å². The molecule has 1 unspecified atom stereocenters. The summed E-state index contributed by atoms with van der Waals surface area (Å²) < 4.78 is 1.66. The van der Waals surface area contributed by atoms with E-state index < -0.39 is 0 Å². The van der Waals surface area contributed by atoms with E-state index in [0.29, 0.717) is 24.7 Å². The number of halogens is 1. The number of aromatic nitrogens is 3. The number of nitrogens with one attached hydrogen (secondary N) is 1. The van der Waals surface area contributed by atoms with Gasteiger partial charge in [-0.1, -0.05) is 49.4 Å². The van der Waals surface area contributed by atoms with Crippen molar-refractivity contribution in [2.45, 2.75) is 32.4 Å². The summed E-state index contributed by atoms with van der Waals surface area (Å²) in [5.74, 6) is 0.216.